The third-order valence-corrected chi connectivity index (χ3v) is 3.14. The number of aromatic hydroxyl groups is 1. The van der Waals surface area contributed by atoms with E-state index >= 15 is 0 Å². The summed E-state index contributed by atoms with van der Waals surface area (Å²) >= 11 is 0. The molecule has 4 heteroatoms. The molecule has 2 N–H and O–H groups in total. The van der Waals surface area contributed by atoms with E-state index in [-0.39, 0.29) is 11.4 Å². The van der Waals surface area contributed by atoms with Gasteiger partial charge in [0.05, 0.1) is 12.7 Å². The zero-order valence-electron chi connectivity index (χ0n) is 9.62. The fourth-order valence-electron chi connectivity index (χ4n) is 1.97. The highest BCUT2D eigenvalue weighted by Gasteiger charge is 2.37. The third kappa shape index (κ3) is 1.86. The maximum Gasteiger partial charge on any atom is 0.161 e. The molecule has 1 aliphatic heterocycles. The Balaban J connectivity index is 2.21. The summed E-state index contributed by atoms with van der Waals surface area (Å²) in [4.78, 5) is 0. The van der Waals surface area contributed by atoms with Crippen LogP contribution in [-0.4, -0.2) is 38.0 Å². The summed E-state index contributed by atoms with van der Waals surface area (Å²) in [6.45, 7) is 1.64. The van der Waals surface area contributed by atoms with Gasteiger partial charge in [-0.3, -0.25) is 0 Å². The Morgan fingerprint density at radius 3 is 2.62 bits per heavy atom. The van der Waals surface area contributed by atoms with Gasteiger partial charge in [0.15, 0.2) is 11.5 Å². The first-order chi connectivity index (χ1) is 7.71. The normalized spacial score (nSPS) is 17.9. The summed E-state index contributed by atoms with van der Waals surface area (Å²) in [5.41, 5.74) is 0.687. The minimum Gasteiger partial charge on any atom is -0.504 e. The second-order valence-electron chi connectivity index (χ2n) is 4.14. The number of hydrogen-bond acceptors (Lipinski definition) is 4. The van der Waals surface area contributed by atoms with Crippen LogP contribution >= 0.6 is 0 Å². The predicted molar refractivity (Wildman–Crippen MR) is 61.0 cm³/mol. The average Bonchev–Trinajstić information content (AvgIpc) is 2.25. The first kappa shape index (κ1) is 11.2. The molecule has 0 atom stereocenters. The fourth-order valence-corrected chi connectivity index (χ4v) is 1.97. The topological polar surface area (TPSA) is 50.7 Å². The van der Waals surface area contributed by atoms with E-state index in [2.05, 4.69) is 5.32 Å². The fraction of sp³-hybridized carbons (Fsp3) is 0.500. The monoisotopic (exact) mass is 223 g/mol. The maximum atomic E-state index is 9.97. The molecular weight excluding hydrogens is 206 g/mol. The van der Waals surface area contributed by atoms with Crippen LogP contribution in [0.25, 0.3) is 0 Å². The van der Waals surface area contributed by atoms with Gasteiger partial charge in [-0.15, -0.1) is 0 Å². The highest BCUT2D eigenvalue weighted by atomic mass is 16.5. The van der Waals surface area contributed by atoms with Gasteiger partial charge in [0.2, 0.25) is 0 Å². The molecule has 16 heavy (non-hydrogen) atoms. The number of phenolic OH excluding ortho intramolecular Hbond substituents is 1. The van der Waals surface area contributed by atoms with Gasteiger partial charge in [-0.05, 0) is 6.07 Å². The highest BCUT2D eigenvalue weighted by Crippen LogP contribution is 2.33. The number of benzene rings is 1. The van der Waals surface area contributed by atoms with Gasteiger partial charge in [-0.2, -0.15) is 0 Å². The predicted octanol–water partition coefficient (Wildman–Crippen LogP) is 0.932. The molecule has 0 bridgehead atoms. The van der Waals surface area contributed by atoms with Crippen molar-refractivity contribution in [1.29, 1.82) is 0 Å². The van der Waals surface area contributed by atoms with Gasteiger partial charge in [0.1, 0.15) is 0 Å². The zero-order valence-corrected chi connectivity index (χ0v) is 9.62. The summed E-state index contributed by atoms with van der Waals surface area (Å²) in [5.74, 6) is 0.726. The Hall–Kier alpha value is -1.26. The lowest BCUT2D eigenvalue weighted by molar-refractivity contribution is -0.0505. The number of rotatable bonds is 4. The lowest BCUT2D eigenvalue weighted by Gasteiger charge is -2.41. The quantitative estimate of drug-likeness (QED) is 0.797. The van der Waals surface area contributed by atoms with Crippen LogP contribution in [0.1, 0.15) is 5.56 Å². The summed E-state index contributed by atoms with van der Waals surface area (Å²) in [6, 6.07) is 5.53. The van der Waals surface area contributed by atoms with Crippen molar-refractivity contribution in [3.63, 3.8) is 0 Å². The molecule has 0 amide bonds. The van der Waals surface area contributed by atoms with Crippen LogP contribution in [0, 0.1) is 0 Å². The molecule has 1 aromatic rings. The largest absolute Gasteiger partial charge is 0.504 e. The molecule has 2 rings (SSSR count). The van der Waals surface area contributed by atoms with Crippen LogP contribution in [0.15, 0.2) is 18.2 Å². The molecule has 88 valence electrons. The summed E-state index contributed by atoms with van der Waals surface area (Å²) in [7, 11) is 3.26. The van der Waals surface area contributed by atoms with Crippen molar-refractivity contribution in [2.75, 3.05) is 27.3 Å². The van der Waals surface area contributed by atoms with Crippen LogP contribution in [0.4, 0.5) is 0 Å². The maximum absolute atomic E-state index is 9.97. The Kier molecular flexibility index (Phi) is 3.03. The van der Waals surface area contributed by atoms with Gasteiger partial charge in [0, 0.05) is 32.2 Å². The molecule has 1 fully saturated rings. The SMILES string of the molecule is COc1cccc(CC2(OC)CNC2)c1O. The van der Waals surface area contributed by atoms with Gasteiger partial charge in [0.25, 0.3) is 0 Å². The molecule has 0 unspecified atom stereocenters. The van der Waals surface area contributed by atoms with Crippen molar-refractivity contribution in [1.82, 2.24) is 5.32 Å². The molecule has 0 aliphatic carbocycles. The van der Waals surface area contributed by atoms with Crippen molar-refractivity contribution < 1.29 is 14.6 Å². The first-order valence-electron chi connectivity index (χ1n) is 5.31. The second kappa shape index (κ2) is 4.31. The van der Waals surface area contributed by atoms with E-state index in [1.807, 2.05) is 12.1 Å². The van der Waals surface area contributed by atoms with Gasteiger partial charge in [-0.25, -0.2) is 0 Å². The number of nitrogens with one attached hydrogen (secondary N) is 1. The van der Waals surface area contributed by atoms with E-state index in [4.69, 9.17) is 9.47 Å². The van der Waals surface area contributed by atoms with Crippen molar-refractivity contribution in [2.45, 2.75) is 12.0 Å². The molecule has 1 heterocycles. The molecule has 1 aromatic carbocycles. The van der Waals surface area contributed by atoms with Crippen molar-refractivity contribution in [3.8, 4) is 11.5 Å². The number of ether oxygens (including phenoxy) is 2. The molecule has 0 radical (unpaired) electrons. The van der Waals surface area contributed by atoms with Crippen molar-refractivity contribution in [2.24, 2.45) is 0 Å². The lowest BCUT2D eigenvalue weighted by Crippen LogP contribution is -2.61. The highest BCUT2D eigenvalue weighted by molar-refractivity contribution is 5.46. The third-order valence-electron chi connectivity index (χ3n) is 3.14. The molecule has 0 spiro atoms. The van der Waals surface area contributed by atoms with Crippen LogP contribution in [-0.2, 0) is 11.2 Å². The van der Waals surface area contributed by atoms with Crippen molar-refractivity contribution in [3.05, 3.63) is 23.8 Å². The van der Waals surface area contributed by atoms with E-state index < -0.39 is 0 Å². The molecule has 0 aromatic heterocycles. The van der Waals surface area contributed by atoms with E-state index in [0.717, 1.165) is 18.7 Å². The number of hydrogen-bond donors (Lipinski definition) is 2. The van der Waals surface area contributed by atoms with E-state index in [9.17, 15) is 5.11 Å². The molecule has 1 saturated heterocycles. The Labute approximate surface area is 95.2 Å². The average molecular weight is 223 g/mol. The van der Waals surface area contributed by atoms with E-state index in [1.165, 1.54) is 0 Å². The van der Waals surface area contributed by atoms with Gasteiger partial charge >= 0.3 is 0 Å². The molecular formula is C12H17NO3. The Bertz CT molecular complexity index is 369. The van der Waals surface area contributed by atoms with Crippen LogP contribution < -0.4 is 10.1 Å². The van der Waals surface area contributed by atoms with Crippen LogP contribution in [0.3, 0.4) is 0 Å². The van der Waals surface area contributed by atoms with Crippen LogP contribution in [0.2, 0.25) is 0 Å². The zero-order chi connectivity index (χ0) is 11.6. The Morgan fingerprint density at radius 2 is 2.12 bits per heavy atom. The molecule has 4 nitrogen and oxygen atoms in total. The molecule has 1 aliphatic rings. The molecule has 0 saturated carbocycles. The van der Waals surface area contributed by atoms with Crippen LogP contribution in [0.5, 0.6) is 11.5 Å². The number of phenols is 1. The summed E-state index contributed by atoms with van der Waals surface area (Å²) in [5, 5.41) is 13.1. The lowest BCUT2D eigenvalue weighted by atomic mass is 9.88. The number of methoxy groups -OCH3 is 2. The van der Waals surface area contributed by atoms with Crippen molar-refractivity contribution >= 4 is 0 Å². The Morgan fingerprint density at radius 1 is 1.38 bits per heavy atom. The summed E-state index contributed by atoms with van der Waals surface area (Å²) < 4.78 is 10.6. The van der Waals surface area contributed by atoms with Gasteiger partial charge in [-0.1, -0.05) is 12.1 Å². The smallest absolute Gasteiger partial charge is 0.161 e. The van der Waals surface area contributed by atoms with E-state index in [0.29, 0.717) is 12.2 Å². The summed E-state index contributed by atoms with van der Waals surface area (Å²) in [6.07, 6.45) is 0.694. The number of para-hydroxylation sites is 1. The standard InChI is InChI=1S/C12H17NO3/c1-15-10-5-3-4-9(11(10)14)6-12(16-2)7-13-8-12/h3-5,13-14H,6-8H2,1-2H3. The first-order valence-corrected chi connectivity index (χ1v) is 5.31. The second-order valence-corrected chi connectivity index (χ2v) is 4.14. The minimum atomic E-state index is -0.177. The minimum absolute atomic E-state index is 0.177. The van der Waals surface area contributed by atoms with E-state index in [1.54, 1.807) is 20.3 Å². The van der Waals surface area contributed by atoms with Gasteiger partial charge < -0.3 is 19.9 Å².